The van der Waals surface area contributed by atoms with Crippen LogP contribution in [0, 0.1) is 0 Å². The van der Waals surface area contributed by atoms with Gasteiger partial charge in [-0.2, -0.15) is 0 Å². The standard InChI is InChI=1S/C76H132O6/c1-4-7-10-13-16-19-22-25-28-31-33-35-37-39-40-42-45-48-51-54-57-60-63-66-69-75(78)81-72-73(71-80-74(77)68-65-62-59-56-53-50-47-44-30-27-24-21-18-15-12-9-6-3)82-76(79)70-67-64-61-58-55-52-49-46-43-41-38-36-34-32-29-26-23-20-17-14-11-8-5-2/h8,11,17,20,26-27,29-30,34,36,41,43,49,52,58,61,73H,4-7,9-10,12-16,18-19,21-25,28,31-33,35,37-40,42,44-48,50-51,53-57,59-60,62-72H2,1-3H3/b11-8-,20-17-,29-26-,30-27-,36-34-,43-41-,52-49-,61-58-. The van der Waals surface area contributed by atoms with Gasteiger partial charge in [0.25, 0.3) is 0 Å². The van der Waals surface area contributed by atoms with Crippen LogP contribution in [0.25, 0.3) is 0 Å². The van der Waals surface area contributed by atoms with Crippen molar-refractivity contribution in [3.63, 3.8) is 0 Å². The van der Waals surface area contributed by atoms with Gasteiger partial charge in [0.2, 0.25) is 0 Å². The Kier molecular flexibility index (Phi) is 66.7. The molecular weight excluding hydrogens is 1010 g/mol. The Hall–Kier alpha value is -3.67. The van der Waals surface area contributed by atoms with Gasteiger partial charge in [-0.05, 0) is 96.3 Å². The van der Waals surface area contributed by atoms with Crippen molar-refractivity contribution in [2.75, 3.05) is 13.2 Å². The highest BCUT2D eigenvalue weighted by atomic mass is 16.6. The minimum Gasteiger partial charge on any atom is -0.462 e. The first-order valence-electron chi connectivity index (χ1n) is 35.2. The lowest BCUT2D eigenvalue weighted by Crippen LogP contribution is -2.30. The summed E-state index contributed by atoms with van der Waals surface area (Å²) in [6, 6.07) is 0. The van der Waals surface area contributed by atoms with Crippen molar-refractivity contribution >= 4 is 17.9 Å². The fourth-order valence-electron chi connectivity index (χ4n) is 10.1. The van der Waals surface area contributed by atoms with Crippen LogP contribution in [0.15, 0.2) is 97.2 Å². The Morgan fingerprint density at radius 1 is 0.256 bits per heavy atom. The SMILES string of the molecule is CC/C=C\C/C=C\C/C=C\C/C=C\C/C=C\C/C=C\C/C=C\CCCC(=O)OC(COC(=O)CCCCCCCCC/C=C\CCCCCCCC)COC(=O)CCCCCCCCCCCCCCCCCCCCCCCCCC. The van der Waals surface area contributed by atoms with Gasteiger partial charge in [-0.25, -0.2) is 0 Å². The van der Waals surface area contributed by atoms with E-state index in [9.17, 15) is 14.4 Å². The van der Waals surface area contributed by atoms with Crippen LogP contribution in [-0.2, 0) is 28.6 Å². The monoisotopic (exact) mass is 1140 g/mol. The summed E-state index contributed by atoms with van der Waals surface area (Å²) >= 11 is 0. The molecule has 0 aromatic heterocycles. The third-order valence-corrected chi connectivity index (χ3v) is 15.3. The molecule has 6 heteroatoms. The largest absolute Gasteiger partial charge is 0.462 e. The van der Waals surface area contributed by atoms with Gasteiger partial charge < -0.3 is 14.2 Å². The number of esters is 3. The molecule has 0 aliphatic rings. The van der Waals surface area contributed by atoms with E-state index in [1.54, 1.807) is 0 Å². The molecule has 0 aliphatic carbocycles. The van der Waals surface area contributed by atoms with Crippen LogP contribution in [0.4, 0.5) is 0 Å². The number of carbonyl (C=O) groups is 3. The number of unbranched alkanes of at least 4 members (excludes halogenated alkanes) is 37. The van der Waals surface area contributed by atoms with Crippen LogP contribution in [0.2, 0.25) is 0 Å². The van der Waals surface area contributed by atoms with Crippen LogP contribution >= 0.6 is 0 Å². The molecule has 0 aromatic rings. The molecule has 1 unspecified atom stereocenters. The zero-order chi connectivity index (χ0) is 59.2. The van der Waals surface area contributed by atoms with Crippen LogP contribution < -0.4 is 0 Å². The molecule has 0 saturated carbocycles. The highest BCUT2D eigenvalue weighted by molar-refractivity contribution is 5.71. The minimum atomic E-state index is -0.811. The normalized spacial score (nSPS) is 12.7. The number of ether oxygens (including phenoxy) is 3. The van der Waals surface area contributed by atoms with E-state index < -0.39 is 6.10 Å². The first kappa shape index (κ1) is 78.3. The maximum absolute atomic E-state index is 12.9. The number of carbonyl (C=O) groups excluding carboxylic acids is 3. The number of hydrogen-bond donors (Lipinski definition) is 0. The fourth-order valence-corrected chi connectivity index (χ4v) is 10.1. The van der Waals surface area contributed by atoms with Crippen molar-refractivity contribution in [3.8, 4) is 0 Å². The molecule has 82 heavy (non-hydrogen) atoms. The van der Waals surface area contributed by atoms with Gasteiger partial charge in [-0.3, -0.25) is 14.4 Å². The summed E-state index contributed by atoms with van der Waals surface area (Å²) < 4.78 is 16.9. The molecule has 0 fully saturated rings. The quantitative estimate of drug-likeness (QED) is 0.0261. The molecule has 0 saturated heterocycles. The van der Waals surface area contributed by atoms with E-state index in [0.29, 0.717) is 19.3 Å². The van der Waals surface area contributed by atoms with E-state index in [4.69, 9.17) is 14.2 Å². The maximum atomic E-state index is 12.9. The van der Waals surface area contributed by atoms with Gasteiger partial charge in [0.15, 0.2) is 6.10 Å². The highest BCUT2D eigenvalue weighted by Crippen LogP contribution is 2.18. The minimum absolute atomic E-state index is 0.0992. The molecule has 0 aliphatic heterocycles. The van der Waals surface area contributed by atoms with E-state index >= 15 is 0 Å². The van der Waals surface area contributed by atoms with Crippen LogP contribution in [0.3, 0.4) is 0 Å². The maximum Gasteiger partial charge on any atom is 0.306 e. The summed E-state index contributed by atoms with van der Waals surface area (Å²) in [5, 5.41) is 0. The van der Waals surface area contributed by atoms with Gasteiger partial charge in [-0.15, -0.1) is 0 Å². The molecule has 0 heterocycles. The molecule has 6 nitrogen and oxygen atoms in total. The van der Waals surface area contributed by atoms with Crippen molar-refractivity contribution in [3.05, 3.63) is 97.2 Å². The Morgan fingerprint density at radius 2 is 0.488 bits per heavy atom. The second-order valence-corrected chi connectivity index (χ2v) is 23.4. The lowest BCUT2D eigenvalue weighted by Gasteiger charge is -2.18. The molecule has 0 aromatic carbocycles. The molecule has 0 spiro atoms. The van der Waals surface area contributed by atoms with Crippen molar-refractivity contribution < 1.29 is 28.6 Å². The Labute approximate surface area is 508 Å². The summed E-state index contributed by atoms with van der Waals surface area (Å²) in [5.41, 5.74) is 0. The Bertz CT molecular complexity index is 1590. The lowest BCUT2D eigenvalue weighted by atomic mass is 10.0. The predicted octanol–water partition coefficient (Wildman–Crippen LogP) is 24.4. The number of hydrogen-bond acceptors (Lipinski definition) is 6. The second kappa shape index (κ2) is 69.8. The summed E-state index contributed by atoms with van der Waals surface area (Å²) in [7, 11) is 0. The molecule has 0 amide bonds. The third-order valence-electron chi connectivity index (χ3n) is 15.3. The van der Waals surface area contributed by atoms with Crippen molar-refractivity contribution in [2.45, 2.75) is 354 Å². The summed E-state index contributed by atoms with van der Waals surface area (Å²) in [5.74, 6) is -0.947. The zero-order valence-electron chi connectivity index (χ0n) is 54.2. The van der Waals surface area contributed by atoms with E-state index in [-0.39, 0.29) is 37.5 Å². The lowest BCUT2D eigenvalue weighted by molar-refractivity contribution is -0.167. The predicted molar refractivity (Wildman–Crippen MR) is 357 cm³/mol. The second-order valence-electron chi connectivity index (χ2n) is 23.4. The molecule has 0 bridgehead atoms. The summed E-state index contributed by atoms with van der Waals surface area (Å²) in [6.45, 7) is 6.52. The van der Waals surface area contributed by atoms with Gasteiger partial charge in [-0.1, -0.05) is 330 Å². The molecule has 0 radical (unpaired) electrons. The first-order valence-corrected chi connectivity index (χ1v) is 35.2. The highest BCUT2D eigenvalue weighted by Gasteiger charge is 2.19. The molecule has 1 atom stereocenters. The van der Waals surface area contributed by atoms with Crippen LogP contribution in [0.1, 0.15) is 348 Å². The third kappa shape index (κ3) is 67.1. The summed E-state index contributed by atoms with van der Waals surface area (Å²) in [4.78, 5) is 38.4. The summed E-state index contributed by atoms with van der Waals surface area (Å²) in [6.07, 6.45) is 94.4. The van der Waals surface area contributed by atoms with E-state index in [1.807, 2.05) is 0 Å². The van der Waals surface area contributed by atoms with Crippen LogP contribution in [0.5, 0.6) is 0 Å². The fraction of sp³-hybridized carbons (Fsp3) is 0.750. The number of rotatable bonds is 64. The van der Waals surface area contributed by atoms with E-state index in [1.165, 1.54) is 212 Å². The van der Waals surface area contributed by atoms with Crippen molar-refractivity contribution in [1.29, 1.82) is 0 Å². The van der Waals surface area contributed by atoms with Crippen molar-refractivity contribution in [1.82, 2.24) is 0 Å². The molecule has 0 rings (SSSR count). The number of allylic oxidation sites excluding steroid dienone is 16. The zero-order valence-corrected chi connectivity index (χ0v) is 54.2. The van der Waals surface area contributed by atoms with Crippen LogP contribution in [-0.4, -0.2) is 37.2 Å². The smallest absolute Gasteiger partial charge is 0.306 e. The topological polar surface area (TPSA) is 78.9 Å². The van der Waals surface area contributed by atoms with E-state index in [0.717, 1.165) is 89.9 Å². The first-order chi connectivity index (χ1) is 40.5. The molecule has 472 valence electrons. The van der Waals surface area contributed by atoms with Crippen molar-refractivity contribution in [2.24, 2.45) is 0 Å². The van der Waals surface area contributed by atoms with Gasteiger partial charge in [0, 0.05) is 19.3 Å². The van der Waals surface area contributed by atoms with Gasteiger partial charge >= 0.3 is 17.9 Å². The molecule has 0 N–H and O–H groups in total. The Morgan fingerprint density at radius 3 is 0.793 bits per heavy atom. The average Bonchev–Trinajstić information content (AvgIpc) is 3.47. The van der Waals surface area contributed by atoms with Gasteiger partial charge in [0.05, 0.1) is 0 Å². The molecular formula is C76H132O6. The van der Waals surface area contributed by atoms with E-state index in [2.05, 4.69) is 118 Å². The average molecular weight is 1140 g/mol. The Balaban J connectivity index is 4.43. The van der Waals surface area contributed by atoms with Gasteiger partial charge in [0.1, 0.15) is 13.2 Å².